The fourth-order valence-corrected chi connectivity index (χ4v) is 9.19. The minimum Gasteiger partial charge on any atom is -0.459 e. The fourth-order valence-electron chi connectivity index (χ4n) is 9.19. The topological polar surface area (TPSA) is 201 Å². The van der Waals surface area contributed by atoms with Crippen LogP contribution in [0, 0.1) is 17.8 Å². The monoisotopic (exact) mass is 867 g/mol. The summed E-state index contributed by atoms with van der Waals surface area (Å²) in [4.78, 5) is 42.9. The molecule has 3 heterocycles. The minimum absolute atomic E-state index is 0.00652. The van der Waals surface area contributed by atoms with Crippen molar-refractivity contribution in [3.63, 3.8) is 0 Å². The van der Waals surface area contributed by atoms with E-state index in [2.05, 4.69) is 5.32 Å². The van der Waals surface area contributed by atoms with Crippen LogP contribution < -0.4 is 5.32 Å². The van der Waals surface area contributed by atoms with Crippen LogP contribution in [0.5, 0.6) is 0 Å². The number of benzene rings is 1. The molecular weight excluding hydrogens is 792 g/mol. The predicted octanol–water partition coefficient (Wildman–Crippen LogP) is 4.13. The second kappa shape index (κ2) is 21.3. The van der Waals surface area contributed by atoms with Crippen molar-refractivity contribution in [3.05, 3.63) is 35.9 Å². The Morgan fingerprint density at radius 2 is 1.61 bits per heavy atom. The average molecular weight is 867 g/mol. The lowest BCUT2D eigenvalue weighted by Crippen LogP contribution is -2.61. The summed E-state index contributed by atoms with van der Waals surface area (Å²) in [5, 5.41) is 39.1. The van der Waals surface area contributed by atoms with Crippen molar-refractivity contribution in [3.8, 4) is 0 Å². The van der Waals surface area contributed by atoms with E-state index < -0.39 is 102 Å². The van der Waals surface area contributed by atoms with Crippen molar-refractivity contribution >= 4 is 17.9 Å². The average Bonchev–Trinajstić information content (AvgIpc) is 3.20. The summed E-state index contributed by atoms with van der Waals surface area (Å²) in [6.45, 7) is 17.3. The van der Waals surface area contributed by atoms with E-state index in [1.165, 1.54) is 14.0 Å². The number of aliphatic hydroxyl groups is 3. The van der Waals surface area contributed by atoms with Crippen LogP contribution in [-0.2, 0) is 54.1 Å². The number of ketones is 1. The van der Waals surface area contributed by atoms with E-state index in [1.807, 2.05) is 63.2 Å². The number of Topliss-reactive ketones (excluding diaryl/α,β-unsaturated/α-hetero) is 1. The van der Waals surface area contributed by atoms with Crippen LogP contribution in [0.15, 0.2) is 30.3 Å². The van der Waals surface area contributed by atoms with Crippen LogP contribution in [0.1, 0.15) is 100 Å². The van der Waals surface area contributed by atoms with Crippen LogP contribution in [0.2, 0.25) is 0 Å². The number of nitrogens with one attached hydrogen (secondary N) is 1. The van der Waals surface area contributed by atoms with Crippen molar-refractivity contribution in [1.82, 2.24) is 10.2 Å². The van der Waals surface area contributed by atoms with Gasteiger partial charge in [-0.3, -0.25) is 9.59 Å². The number of ether oxygens (including phenoxy) is 8. The number of hydrogen-bond donors (Lipinski definition) is 4. The molecule has 17 atom stereocenters. The number of carbonyl (C=O) groups excluding carboxylic acids is 3. The second-order valence-electron chi connectivity index (χ2n) is 18.6. The largest absolute Gasteiger partial charge is 0.509 e. The number of likely N-dealkylation sites (N-methyl/N-ethyl adjacent to an activating group) is 1. The van der Waals surface area contributed by atoms with Gasteiger partial charge in [-0.15, -0.1) is 0 Å². The molecule has 16 nitrogen and oxygen atoms in total. The molecule has 1 aromatic rings. The van der Waals surface area contributed by atoms with E-state index in [0.717, 1.165) is 5.56 Å². The maximum absolute atomic E-state index is 14.4. The van der Waals surface area contributed by atoms with Gasteiger partial charge in [-0.2, -0.15) is 0 Å². The highest BCUT2D eigenvalue weighted by Gasteiger charge is 2.53. The fraction of sp³-hybridized carbons (Fsp3) is 0.800. The molecular formula is C45H74N2O14. The quantitative estimate of drug-likeness (QED) is 0.245. The highest BCUT2D eigenvalue weighted by atomic mass is 16.8. The normalized spacial score (nSPS) is 42.2. The molecule has 1 aromatic carbocycles. The summed E-state index contributed by atoms with van der Waals surface area (Å²) >= 11 is 0. The second-order valence-corrected chi connectivity index (χ2v) is 18.6. The van der Waals surface area contributed by atoms with Gasteiger partial charge in [-0.25, -0.2) is 4.79 Å². The molecule has 0 aliphatic carbocycles. The van der Waals surface area contributed by atoms with E-state index in [1.54, 1.807) is 48.5 Å². The molecule has 3 saturated heterocycles. The Kier molecular flexibility index (Phi) is 17.7. The number of aliphatic hydroxyl groups excluding tert-OH is 1. The molecule has 0 bridgehead atoms. The lowest BCUT2D eigenvalue weighted by atomic mass is 9.77. The Labute approximate surface area is 362 Å². The maximum Gasteiger partial charge on any atom is 0.509 e. The van der Waals surface area contributed by atoms with Gasteiger partial charge in [-0.1, -0.05) is 51.1 Å². The van der Waals surface area contributed by atoms with Gasteiger partial charge < -0.3 is 63.4 Å². The molecule has 4 rings (SSSR count). The van der Waals surface area contributed by atoms with E-state index in [-0.39, 0.29) is 43.7 Å². The molecule has 3 fully saturated rings. The van der Waals surface area contributed by atoms with Crippen LogP contribution in [0.3, 0.4) is 0 Å². The van der Waals surface area contributed by atoms with Crippen LogP contribution >= 0.6 is 0 Å². The number of hydrogen-bond acceptors (Lipinski definition) is 16. The van der Waals surface area contributed by atoms with Crippen LogP contribution in [0.25, 0.3) is 0 Å². The molecule has 3 aliphatic rings. The molecule has 16 heteroatoms. The van der Waals surface area contributed by atoms with Gasteiger partial charge in [0.1, 0.15) is 36.1 Å². The Bertz CT molecular complexity index is 1580. The highest BCUT2D eigenvalue weighted by molar-refractivity contribution is 5.91. The SMILES string of the molecule is CC[C@H]1OC(=O)[C@H](C)[C@@H](OC2C[C@@](C)(OC)C(=O)[C@H](C)O2)[C@H](C)[C@@H](OC2O[C@H](C)C[C@H](N(C)C)[C@H]2OC(=O)OCc2ccccc2)[C@@](C)(O)C[C@@H](C)CN[C@H](C)[C@@H](O)[C@]1(C)O. The van der Waals surface area contributed by atoms with Gasteiger partial charge >= 0.3 is 12.1 Å². The molecule has 0 amide bonds. The maximum atomic E-state index is 14.4. The standard InChI is InChI=1S/C45H74N2O14/c1-14-33-45(10,53)37(48)29(6)46-23-25(2)21-43(8,52)39(27(4)35(28(5)40(50)58-33)59-34-22-44(9,54-13)38(49)30(7)57-34)61-41-36(32(47(11)12)20-26(3)56-41)60-42(51)55-24-31-18-16-15-17-19-31/h15-19,25-30,32-37,39,41,46,48,52-53H,14,20-24H2,1-13H3/t25-,26-,27+,28-,29-,30+,32+,33-,34?,35+,36-,37-,39-,41?,43+,44-,45-/m1/s1. The first kappa shape index (κ1) is 50.9. The Hall–Kier alpha value is -2.77. The molecule has 0 spiro atoms. The third-order valence-corrected chi connectivity index (χ3v) is 12.9. The lowest BCUT2D eigenvalue weighted by molar-refractivity contribution is -0.308. The van der Waals surface area contributed by atoms with Crippen molar-refractivity contribution in [2.75, 3.05) is 27.7 Å². The number of esters is 1. The minimum atomic E-state index is -1.85. The smallest absolute Gasteiger partial charge is 0.459 e. The third-order valence-electron chi connectivity index (χ3n) is 12.9. The van der Waals surface area contributed by atoms with Gasteiger partial charge in [0.15, 0.2) is 24.5 Å². The van der Waals surface area contributed by atoms with Crippen molar-refractivity contribution in [1.29, 1.82) is 0 Å². The molecule has 348 valence electrons. The number of methoxy groups -OCH3 is 1. The van der Waals surface area contributed by atoms with Crippen LogP contribution in [-0.4, -0.2) is 150 Å². The summed E-state index contributed by atoms with van der Waals surface area (Å²) in [6.07, 6.45) is -9.45. The van der Waals surface area contributed by atoms with E-state index in [9.17, 15) is 29.7 Å². The Morgan fingerprint density at radius 3 is 2.21 bits per heavy atom. The first-order valence-electron chi connectivity index (χ1n) is 21.8. The summed E-state index contributed by atoms with van der Waals surface area (Å²) in [6, 6.07) is 8.18. The lowest BCUT2D eigenvalue weighted by Gasteiger charge is -2.48. The number of nitrogens with zero attached hydrogens (tertiary/aromatic N) is 1. The summed E-state index contributed by atoms with van der Waals surface area (Å²) in [7, 11) is 5.16. The first-order chi connectivity index (χ1) is 28.4. The zero-order chi connectivity index (χ0) is 45.6. The van der Waals surface area contributed by atoms with Gasteiger partial charge in [0.2, 0.25) is 0 Å². The molecule has 0 radical (unpaired) electrons. The third kappa shape index (κ3) is 12.5. The van der Waals surface area contributed by atoms with Crippen molar-refractivity contribution in [2.24, 2.45) is 17.8 Å². The molecule has 0 aromatic heterocycles. The van der Waals surface area contributed by atoms with Crippen molar-refractivity contribution in [2.45, 2.75) is 186 Å². The van der Waals surface area contributed by atoms with Gasteiger partial charge in [0, 0.05) is 25.5 Å². The van der Waals surface area contributed by atoms with Crippen molar-refractivity contribution < 1.29 is 67.6 Å². The number of cyclic esters (lactones) is 1. The van der Waals surface area contributed by atoms with Gasteiger partial charge in [0.05, 0.1) is 35.9 Å². The number of carbonyl (C=O) groups is 3. The van der Waals surface area contributed by atoms with E-state index in [4.69, 9.17) is 37.9 Å². The summed E-state index contributed by atoms with van der Waals surface area (Å²) in [5.41, 5.74) is -4.00. The zero-order valence-corrected chi connectivity index (χ0v) is 38.5. The molecule has 3 aliphatic heterocycles. The van der Waals surface area contributed by atoms with E-state index in [0.29, 0.717) is 13.0 Å². The Morgan fingerprint density at radius 1 is 0.951 bits per heavy atom. The Balaban J connectivity index is 1.81. The van der Waals surface area contributed by atoms with E-state index >= 15 is 0 Å². The predicted molar refractivity (Wildman–Crippen MR) is 224 cm³/mol. The molecule has 2 unspecified atom stereocenters. The van der Waals surface area contributed by atoms with Crippen LogP contribution in [0.4, 0.5) is 4.79 Å². The van der Waals surface area contributed by atoms with Gasteiger partial charge in [0.25, 0.3) is 0 Å². The first-order valence-corrected chi connectivity index (χ1v) is 21.8. The number of rotatable bonds is 10. The molecule has 0 saturated carbocycles. The highest BCUT2D eigenvalue weighted by Crippen LogP contribution is 2.40. The zero-order valence-electron chi connectivity index (χ0n) is 38.5. The van der Waals surface area contributed by atoms with Gasteiger partial charge in [-0.05, 0) is 99.9 Å². The molecule has 61 heavy (non-hydrogen) atoms. The summed E-state index contributed by atoms with van der Waals surface area (Å²) < 4.78 is 49.5. The summed E-state index contributed by atoms with van der Waals surface area (Å²) in [5.74, 6) is -3.19. The molecule has 4 N–H and O–H groups in total.